The van der Waals surface area contributed by atoms with Gasteiger partial charge in [-0.25, -0.2) is 0 Å². The highest BCUT2D eigenvalue weighted by atomic mass is 16.4. The number of aliphatic carboxylic acids is 1. The Hall–Kier alpha value is -1.55. The fraction of sp³-hybridized carbons (Fsp3) is 0.533. The van der Waals surface area contributed by atoms with Gasteiger partial charge in [0.2, 0.25) is 0 Å². The first kappa shape index (κ1) is 13.9. The van der Waals surface area contributed by atoms with E-state index in [4.69, 9.17) is 0 Å². The Morgan fingerprint density at radius 2 is 2.16 bits per heavy atom. The molecule has 0 radical (unpaired) electrons. The quantitative estimate of drug-likeness (QED) is 0.857. The third kappa shape index (κ3) is 2.59. The highest BCUT2D eigenvalue weighted by Crippen LogP contribution is 2.36. The van der Waals surface area contributed by atoms with E-state index in [0.717, 1.165) is 24.9 Å². The number of hydrogen-bond acceptors (Lipinski definition) is 3. The maximum absolute atomic E-state index is 11.7. The van der Waals surface area contributed by atoms with Crippen LogP contribution < -0.4 is 0 Å². The predicted octanol–water partition coefficient (Wildman–Crippen LogP) is 2.61. The lowest BCUT2D eigenvalue weighted by atomic mass is 9.90. The molecule has 1 atom stereocenters. The van der Waals surface area contributed by atoms with E-state index in [-0.39, 0.29) is 5.75 Å². The second-order valence-electron chi connectivity index (χ2n) is 5.24. The van der Waals surface area contributed by atoms with Gasteiger partial charge in [0.1, 0.15) is 11.3 Å². The molecule has 2 rings (SSSR count). The van der Waals surface area contributed by atoms with E-state index < -0.39 is 11.5 Å². The number of nitrogens with zero attached hydrogens (tertiary/aromatic N) is 1. The van der Waals surface area contributed by atoms with E-state index in [9.17, 15) is 15.0 Å². The van der Waals surface area contributed by atoms with Gasteiger partial charge >= 0.3 is 5.97 Å². The summed E-state index contributed by atoms with van der Waals surface area (Å²) in [6.07, 6.45) is 3.11. The maximum Gasteiger partial charge on any atom is 0.324 e. The van der Waals surface area contributed by atoms with Crippen molar-refractivity contribution in [2.75, 3.05) is 6.54 Å². The van der Waals surface area contributed by atoms with E-state index in [0.29, 0.717) is 19.4 Å². The van der Waals surface area contributed by atoms with Crippen LogP contribution in [0.2, 0.25) is 0 Å². The average molecular weight is 263 g/mol. The summed E-state index contributed by atoms with van der Waals surface area (Å²) in [5.74, 6) is -0.493. The zero-order valence-corrected chi connectivity index (χ0v) is 11.3. The van der Waals surface area contributed by atoms with Gasteiger partial charge < -0.3 is 10.2 Å². The minimum Gasteiger partial charge on any atom is -0.508 e. The number of carboxylic acids is 1. The first-order chi connectivity index (χ1) is 9.10. The number of para-hydroxylation sites is 1. The van der Waals surface area contributed by atoms with E-state index in [2.05, 4.69) is 0 Å². The van der Waals surface area contributed by atoms with Gasteiger partial charge in [-0.1, -0.05) is 31.5 Å². The molecule has 0 aromatic heterocycles. The summed E-state index contributed by atoms with van der Waals surface area (Å²) in [5, 5.41) is 19.4. The number of carbonyl (C=O) groups is 1. The van der Waals surface area contributed by atoms with Crippen LogP contribution in [0.5, 0.6) is 5.75 Å². The van der Waals surface area contributed by atoms with E-state index >= 15 is 0 Å². The Morgan fingerprint density at radius 1 is 1.42 bits per heavy atom. The Balaban J connectivity index is 2.23. The Morgan fingerprint density at radius 3 is 2.79 bits per heavy atom. The largest absolute Gasteiger partial charge is 0.508 e. The van der Waals surface area contributed by atoms with Crippen molar-refractivity contribution in [3.63, 3.8) is 0 Å². The number of phenolic OH excluding ortho intramolecular Hbond substituents is 1. The molecule has 0 amide bonds. The molecule has 0 spiro atoms. The first-order valence-corrected chi connectivity index (χ1v) is 6.85. The van der Waals surface area contributed by atoms with Crippen LogP contribution in [-0.2, 0) is 11.3 Å². The van der Waals surface area contributed by atoms with Gasteiger partial charge in [0.15, 0.2) is 0 Å². The van der Waals surface area contributed by atoms with Gasteiger partial charge in [0.05, 0.1) is 0 Å². The van der Waals surface area contributed by atoms with Crippen LogP contribution in [0.4, 0.5) is 0 Å². The lowest BCUT2D eigenvalue weighted by Gasteiger charge is -2.34. The molecule has 1 heterocycles. The number of rotatable bonds is 5. The minimum atomic E-state index is -0.753. The molecule has 0 aliphatic carbocycles. The highest BCUT2D eigenvalue weighted by Gasteiger charge is 2.46. The molecule has 4 heteroatoms. The van der Waals surface area contributed by atoms with Crippen molar-refractivity contribution in [2.45, 2.75) is 44.7 Å². The summed E-state index contributed by atoms with van der Waals surface area (Å²) < 4.78 is 0. The maximum atomic E-state index is 11.7. The lowest BCUT2D eigenvalue weighted by molar-refractivity contribution is -0.150. The van der Waals surface area contributed by atoms with Crippen molar-refractivity contribution in [1.82, 2.24) is 4.90 Å². The summed E-state index contributed by atoms with van der Waals surface area (Å²) in [7, 11) is 0. The van der Waals surface area contributed by atoms with Gasteiger partial charge in [-0.2, -0.15) is 0 Å². The normalized spacial score (nSPS) is 23.6. The van der Waals surface area contributed by atoms with Crippen molar-refractivity contribution in [2.24, 2.45) is 0 Å². The zero-order valence-electron chi connectivity index (χ0n) is 11.3. The summed E-state index contributed by atoms with van der Waals surface area (Å²) in [5.41, 5.74) is 0.0444. The van der Waals surface area contributed by atoms with Crippen molar-refractivity contribution in [1.29, 1.82) is 0 Å². The molecule has 1 aromatic rings. The molecular formula is C15H21NO3. The Bertz CT molecular complexity index is 460. The molecule has 2 N–H and O–H groups in total. The highest BCUT2D eigenvalue weighted by molar-refractivity contribution is 5.79. The fourth-order valence-electron chi connectivity index (χ4n) is 3.06. The monoisotopic (exact) mass is 263 g/mol. The Kier molecular flexibility index (Phi) is 4.10. The number of hydrogen-bond donors (Lipinski definition) is 2. The van der Waals surface area contributed by atoms with Crippen LogP contribution in [0.25, 0.3) is 0 Å². The number of benzene rings is 1. The molecule has 0 bridgehead atoms. The van der Waals surface area contributed by atoms with Crippen molar-refractivity contribution < 1.29 is 15.0 Å². The number of aromatic hydroxyl groups is 1. The van der Waals surface area contributed by atoms with Gasteiger partial charge in [-0.05, 0) is 31.9 Å². The SMILES string of the molecule is CCCC1(C(=O)O)CCCN1Cc1ccccc1O. The second kappa shape index (κ2) is 5.61. The van der Waals surface area contributed by atoms with Crippen LogP contribution in [0.1, 0.15) is 38.2 Å². The molecule has 1 aromatic carbocycles. The van der Waals surface area contributed by atoms with Crippen LogP contribution in [0.3, 0.4) is 0 Å². The van der Waals surface area contributed by atoms with Crippen LogP contribution >= 0.6 is 0 Å². The molecule has 1 aliphatic heterocycles. The molecular weight excluding hydrogens is 242 g/mol. The third-order valence-corrected chi connectivity index (χ3v) is 4.04. The topological polar surface area (TPSA) is 60.8 Å². The second-order valence-corrected chi connectivity index (χ2v) is 5.24. The zero-order chi connectivity index (χ0) is 13.9. The smallest absolute Gasteiger partial charge is 0.324 e. The van der Waals surface area contributed by atoms with Crippen molar-refractivity contribution in [3.8, 4) is 5.75 Å². The molecule has 4 nitrogen and oxygen atoms in total. The summed E-state index contributed by atoms with van der Waals surface area (Å²) in [6.45, 7) is 3.29. The predicted molar refractivity (Wildman–Crippen MR) is 73.0 cm³/mol. The first-order valence-electron chi connectivity index (χ1n) is 6.85. The van der Waals surface area contributed by atoms with Crippen LogP contribution in [0.15, 0.2) is 24.3 Å². The van der Waals surface area contributed by atoms with Gasteiger partial charge in [-0.3, -0.25) is 9.69 Å². The molecule has 1 aliphatic rings. The standard InChI is InChI=1S/C15H21NO3/c1-2-8-15(14(18)19)9-5-10-16(15)11-12-6-3-4-7-13(12)17/h3-4,6-7,17H,2,5,8-11H2,1H3,(H,18,19). The molecule has 1 unspecified atom stereocenters. The lowest BCUT2D eigenvalue weighted by Crippen LogP contribution is -2.49. The number of phenols is 1. The molecule has 0 saturated carbocycles. The Labute approximate surface area is 113 Å². The van der Waals surface area contributed by atoms with Crippen molar-refractivity contribution in [3.05, 3.63) is 29.8 Å². The van der Waals surface area contributed by atoms with Crippen molar-refractivity contribution >= 4 is 5.97 Å². The molecule has 1 saturated heterocycles. The molecule has 1 fully saturated rings. The fourth-order valence-corrected chi connectivity index (χ4v) is 3.06. The summed E-state index contributed by atoms with van der Waals surface area (Å²) >= 11 is 0. The average Bonchev–Trinajstić information content (AvgIpc) is 2.77. The summed E-state index contributed by atoms with van der Waals surface area (Å²) in [6, 6.07) is 7.15. The minimum absolute atomic E-state index is 0.241. The van der Waals surface area contributed by atoms with E-state index in [1.807, 2.05) is 24.0 Å². The third-order valence-electron chi connectivity index (χ3n) is 4.04. The van der Waals surface area contributed by atoms with Gasteiger partial charge in [0.25, 0.3) is 0 Å². The molecule has 19 heavy (non-hydrogen) atoms. The van der Waals surface area contributed by atoms with E-state index in [1.165, 1.54) is 0 Å². The number of carboxylic acid groups (broad SMARTS) is 1. The van der Waals surface area contributed by atoms with Crippen LogP contribution in [0, 0.1) is 0 Å². The molecule has 104 valence electrons. The van der Waals surface area contributed by atoms with Gasteiger partial charge in [0, 0.05) is 12.1 Å². The summed E-state index contributed by atoms with van der Waals surface area (Å²) in [4.78, 5) is 13.7. The van der Waals surface area contributed by atoms with Crippen LogP contribution in [-0.4, -0.2) is 33.2 Å². The van der Waals surface area contributed by atoms with Gasteiger partial charge in [-0.15, -0.1) is 0 Å². The number of likely N-dealkylation sites (tertiary alicyclic amines) is 1. The van der Waals surface area contributed by atoms with E-state index in [1.54, 1.807) is 12.1 Å².